The maximum absolute atomic E-state index is 13.7. The van der Waals surface area contributed by atoms with Gasteiger partial charge in [-0.05, 0) is 113 Å². The number of amidine groups is 2. The van der Waals surface area contributed by atoms with Crippen molar-refractivity contribution in [3.63, 3.8) is 0 Å². The number of carbonyl (C=O) groups is 6. The van der Waals surface area contributed by atoms with Crippen LogP contribution in [0.5, 0.6) is 0 Å². The molecule has 0 saturated heterocycles. The lowest BCUT2D eigenvalue weighted by atomic mass is 9.91. The van der Waals surface area contributed by atoms with Crippen molar-refractivity contribution in [1.29, 1.82) is 0 Å². The molecule has 6 aromatic rings. The number of carboxylic acids is 1. The van der Waals surface area contributed by atoms with Crippen LogP contribution in [0.3, 0.4) is 0 Å². The molecule has 10 rings (SSSR count). The lowest BCUT2D eigenvalue weighted by molar-refractivity contribution is -0.253. The number of esters is 1. The van der Waals surface area contributed by atoms with E-state index in [2.05, 4.69) is 20.0 Å². The van der Waals surface area contributed by atoms with Crippen LogP contribution in [-0.2, 0) is 46.9 Å². The topological polar surface area (TPSA) is 228 Å². The number of carboxylic acid groups (broad SMARTS) is 1. The second kappa shape index (κ2) is 20.8. The van der Waals surface area contributed by atoms with Crippen molar-refractivity contribution in [2.24, 2.45) is 10.2 Å². The molecule has 4 heterocycles. The van der Waals surface area contributed by atoms with Crippen LogP contribution in [0.15, 0.2) is 179 Å². The van der Waals surface area contributed by atoms with Crippen LogP contribution < -0.4 is 19.8 Å². The zero-order chi connectivity index (χ0) is 50.5. The van der Waals surface area contributed by atoms with E-state index >= 15 is 0 Å². The minimum atomic E-state index is -1.08. The van der Waals surface area contributed by atoms with E-state index in [0.29, 0.717) is 61.7 Å². The van der Waals surface area contributed by atoms with Gasteiger partial charge in [0.1, 0.15) is 13.2 Å². The smallest absolute Gasteiger partial charge is 0.338 e. The number of aromatic carboxylic acids is 1. The number of carbonyl (C=O) groups excluding carboxylic acids is 5. The van der Waals surface area contributed by atoms with E-state index in [1.54, 1.807) is 79.7 Å². The second-order valence-electron chi connectivity index (χ2n) is 16.3. The number of benzene rings is 6. The largest absolute Gasteiger partial charge is 0.478 e. The van der Waals surface area contributed by atoms with Gasteiger partial charge in [0.05, 0.1) is 64.5 Å². The summed E-state index contributed by atoms with van der Waals surface area (Å²) in [6.45, 7) is 1.99. The third-order valence-corrected chi connectivity index (χ3v) is 11.9. The molecule has 4 amide bonds. The number of nitrogens with zero attached hydrogens (tertiary/aromatic N) is 6. The van der Waals surface area contributed by atoms with Crippen molar-refractivity contribution in [2.45, 2.75) is 33.0 Å². The molecule has 72 heavy (non-hydrogen) atoms. The van der Waals surface area contributed by atoms with Gasteiger partial charge < -0.3 is 9.84 Å². The molecule has 360 valence electrons. The van der Waals surface area contributed by atoms with Gasteiger partial charge in [0.25, 0.3) is 11.8 Å². The quantitative estimate of drug-likeness (QED) is 0.0564. The van der Waals surface area contributed by atoms with Crippen LogP contribution in [-0.4, -0.2) is 69.5 Å². The third kappa shape index (κ3) is 9.44. The van der Waals surface area contributed by atoms with Crippen LogP contribution in [0.4, 0.5) is 22.7 Å². The Morgan fingerprint density at radius 1 is 0.514 bits per heavy atom. The fraction of sp³-hybridized carbons (Fsp3) is 0.111. The van der Waals surface area contributed by atoms with Crippen molar-refractivity contribution in [2.75, 3.05) is 26.4 Å². The molecule has 0 fully saturated rings. The van der Waals surface area contributed by atoms with Gasteiger partial charge in [-0.1, -0.05) is 84.9 Å². The number of anilines is 4. The highest BCUT2D eigenvalue weighted by molar-refractivity contribution is 6.45. The lowest BCUT2D eigenvalue weighted by Crippen LogP contribution is -2.41. The van der Waals surface area contributed by atoms with Gasteiger partial charge in [0.15, 0.2) is 11.7 Å². The average molecular weight is 967 g/mol. The summed E-state index contributed by atoms with van der Waals surface area (Å²) in [7, 11) is 0. The number of ether oxygens (including phenoxy) is 1. The third-order valence-electron chi connectivity index (χ3n) is 11.9. The summed E-state index contributed by atoms with van der Waals surface area (Å²) >= 11 is 0. The molecule has 0 radical (unpaired) electrons. The van der Waals surface area contributed by atoms with E-state index in [9.17, 15) is 33.9 Å². The molecular weight excluding hydrogens is 925 g/mol. The summed E-state index contributed by atoms with van der Waals surface area (Å²) in [5.41, 5.74) is 7.04. The van der Waals surface area contributed by atoms with Crippen LogP contribution in [0.2, 0.25) is 0 Å². The summed E-state index contributed by atoms with van der Waals surface area (Å²) < 4.78 is 5.04. The normalized spacial score (nSPS) is 15.3. The van der Waals surface area contributed by atoms with Gasteiger partial charge in [0, 0.05) is 0 Å². The monoisotopic (exact) mass is 966 g/mol. The molecule has 0 aliphatic carbocycles. The molecule has 0 unspecified atom stereocenters. The minimum Gasteiger partial charge on any atom is -0.478 e. The van der Waals surface area contributed by atoms with E-state index in [0.717, 1.165) is 11.1 Å². The molecule has 4 aliphatic heterocycles. The predicted molar refractivity (Wildman–Crippen MR) is 264 cm³/mol. The Hall–Kier alpha value is -9.20. The molecule has 6 aromatic carbocycles. The van der Waals surface area contributed by atoms with Gasteiger partial charge in [0.2, 0.25) is 11.8 Å². The molecule has 18 heteroatoms. The predicted octanol–water partition coefficient (Wildman–Crippen LogP) is 8.33. The SMILES string of the molecule is CCOC(=O)c1ccc(N2C(=O)CC(c3ccccc3)=C3C(=O)N(c4ccc(COO)cc4)N=C32)cc1.O=C(O)c1ccc(N2C(=O)CC(c3ccccc3)=C3C(=O)N(c4ccc(COO)cc4)N=C32)cc1. The molecule has 3 N–H and O–H groups in total. The van der Waals surface area contributed by atoms with E-state index in [-0.39, 0.29) is 73.5 Å². The fourth-order valence-electron chi connectivity index (χ4n) is 8.48. The first kappa shape index (κ1) is 47.8. The highest BCUT2D eigenvalue weighted by Crippen LogP contribution is 2.40. The molecule has 0 bridgehead atoms. The van der Waals surface area contributed by atoms with E-state index in [4.69, 9.17) is 15.3 Å². The zero-order valence-electron chi connectivity index (χ0n) is 38.2. The summed E-state index contributed by atoms with van der Waals surface area (Å²) in [6, 6.07) is 44.3. The van der Waals surface area contributed by atoms with Crippen molar-refractivity contribution < 1.29 is 58.9 Å². The number of hydrogen-bond donors (Lipinski definition) is 3. The van der Waals surface area contributed by atoms with Gasteiger partial charge in [-0.2, -0.15) is 10.0 Å². The van der Waals surface area contributed by atoms with Crippen molar-refractivity contribution >= 4 is 81.1 Å². The van der Waals surface area contributed by atoms with E-state index in [1.807, 2.05) is 60.7 Å². The molecule has 18 nitrogen and oxygen atoms in total. The standard InChI is InChI=1S/C28H23N3O6.C26H19N3O6/c1-2-36-28(34)20-10-14-21(15-11-20)30-24(32)16-23(19-6-4-3-5-7-19)25-26(30)29-31(27(25)33)22-12-8-18(9-13-22)17-37-35;30-22-14-21(17-4-2-1-3-5-17)23-24(28(22)19-12-8-18(9-13-19)26(32)33)27-29(25(23)31)20-10-6-16(7-11-20)15-35-34/h3-15,35H,2,16-17H2,1H3;1-13,34H,14-15H2,(H,32,33). The maximum Gasteiger partial charge on any atom is 0.338 e. The maximum atomic E-state index is 13.7. The molecule has 0 saturated carbocycles. The summed E-state index contributed by atoms with van der Waals surface area (Å²) in [5, 5.41) is 38.2. The molecule has 0 atom stereocenters. The van der Waals surface area contributed by atoms with Gasteiger partial charge >= 0.3 is 11.9 Å². The Morgan fingerprint density at radius 3 is 1.25 bits per heavy atom. The Morgan fingerprint density at radius 2 is 0.889 bits per heavy atom. The van der Waals surface area contributed by atoms with E-state index in [1.165, 1.54) is 44.1 Å². The number of fused-ring (bicyclic) bond motifs is 2. The lowest BCUT2D eigenvalue weighted by Gasteiger charge is -2.28. The average Bonchev–Trinajstić information content (AvgIpc) is 3.93. The number of hydrogen-bond acceptors (Lipinski definition) is 13. The molecule has 0 spiro atoms. The summed E-state index contributed by atoms with van der Waals surface area (Å²) in [6.07, 6.45) is -0.0181. The Bertz CT molecular complexity index is 3230. The van der Waals surface area contributed by atoms with Crippen molar-refractivity contribution in [3.8, 4) is 0 Å². The Balaban J connectivity index is 0.000000178. The highest BCUT2D eigenvalue weighted by Gasteiger charge is 2.45. The van der Waals surface area contributed by atoms with Crippen molar-refractivity contribution in [3.05, 3.63) is 202 Å². The Labute approximate surface area is 410 Å². The summed E-state index contributed by atoms with van der Waals surface area (Å²) in [4.78, 5) is 88.6. The Kier molecular flexibility index (Phi) is 13.8. The first-order chi connectivity index (χ1) is 35.0. The number of hydrazone groups is 2. The highest BCUT2D eigenvalue weighted by atomic mass is 17.1. The fourth-order valence-corrected chi connectivity index (χ4v) is 8.48. The second-order valence-corrected chi connectivity index (χ2v) is 16.3. The van der Waals surface area contributed by atoms with Crippen LogP contribution in [0, 0.1) is 0 Å². The van der Waals surface area contributed by atoms with Crippen LogP contribution in [0.1, 0.15) is 62.7 Å². The van der Waals surface area contributed by atoms with Crippen molar-refractivity contribution in [1.82, 2.24) is 0 Å². The van der Waals surface area contributed by atoms with Crippen LogP contribution >= 0.6 is 0 Å². The first-order valence-corrected chi connectivity index (χ1v) is 22.4. The zero-order valence-corrected chi connectivity index (χ0v) is 38.2. The van der Waals surface area contributed by atoms with Gasteiger partial charge in [-0.15, -0.1) is 10.2 Å². The summed E-state index contributed by atoms with van der Waals surface area (Å²) in [5.74, 6) is -2.44. The van der Waals surface area contributed by atoms with Gasteiger partial charge in [-0.3, -0.25) is 39.5 Å². The number of amides is 4. The first-order valence-electron chi connectivity index (χ1n) is 22.4. The molecular formula is C54H42N6O12. The number of rotatable bonds is 13. The molecule has 0 aromatic heterocycles. The minimum absolute atomic E-state index is 0.000665. The van der Waals surface area contributed by atoms with Crippen LogP contribution in [0.25, 0.3) is 11.1 Å². The van der Waals surface area contributed by atoms with E-state index < -0.39 is 11.9 Å². The molecule has 4 aliphatic rings. The van der Waals surface area contributed by atoms with Gasteiger partial charge in [-0.25, -0.2) is 19.4 Å².